The molecule has 2 heterocycles. The average molecular weight is 518 g/mol. The van der Waals surface area contributed by atoms with Crippen LogP contribution in [0.2, 0.25) is 0 Å². The van der Waals surface area contributed by atoms with Crippen LogP contribution in [0.3, 0.4) is 0 Å². The molecule has 1 aliphatic rings. The van der Waals surface area contributed by atoms with Gasteiger partial charge in [-0.2, -0.15) is 18.3 Å². The van der Waals surface area contributed by atoms with Crippen molar-refractivity contribution in [1.82, 2.24) is 20.7 Å². The summed E-state index contributed by atoms with van der Waals surface area (Å²) in [5.74, 6) is -0.00717. The monoisotopic (exact) mass is 517 g/mol. The largest absolute Gasteiger partial charge is 0.443 e. The smallest absolute Gasteiger partial charge is 0.431 e. The third-order valence-corrected chi connectivity index (χ3v) is 6.70. The normalized spacial score (nSPS) is 14.7. The Morgan fingerprint density at radius 3 is 2.53 bits per heavy atom. The number of hydrogen-bond donors (Lipinski definition) is 2. The van der Waals surface area contributed by atoms with E-state index in [-0.39, 0.29) is 18.9 Å². The Morgan fingerprint density at radius 1 is 1.21 bits per heavy atom. The summed E-state index contributed by atoms with van der Waals surface area (Å²) in [5, 5.41) is 9.23. The fraction of sp³-hybridized carbons (Fsp3) is 0.571. The number of unbranched alkanes of at least 4 members (excludes halogenated alkanes) is 1. The molecule has 2 aromatic heterocycles. The van der Waals surface area contributed by atoms with Crippen LogP contribution in [0.5, 0.6) is 0 Å². The van der Waals surface area contributed by atoms with E-state index in [1.807, 2.05) is 5.38 Å². The maximum atomic E-state index is 13.2. The first-order valence-corrected chi connectivity index (χ1v) is 12.4. The van der Waals surface area contributed by atoms with Crippen LogP contribution in [0.4, 0.5) is 18.0 Å². The molecule has 0 unspecified atom stereocenters. The number of hydrogen-bond acceptors (Lipinski definition) is 8. The van der Waals surface area contributed by atoms with E-state index >= 15 is 0 Å². The van der Waals surface area contributed by atoms with Crippen LogP contribution in [-0.4, -0.2) is 46.0 Å². The highest BCUT2D eigenvalue weighted by atomic mass is 32.1. The molecule has 2 aromatic rings. The highest BCUT2D eigenvalue weighted by Gasteiger charge is 2.36. The molecule has 8 nitrogen and oxygen atoms in total. The molecular weight excluding hydrogens is 491 g/mol. The summed E-state index contributed by atoms with van der Waals surface area (Å²) in [6.45, 7) is 4.97. The Bertz CT molecular complexity index is 1030. The summed E-state index contributed by atoms with van der Waals surface area (Å²) in [6.07, 6.45) is -2.04. The second-order valence-corrected chi connectivity index (χ2v) is 10.7. The molecule has 0 bridgehead atoms. The number of nitrogens with one attached hydrogen (secondary N) is 2. The Balaban J connectivity index is 1.50. The molecule has 2 amide bonds. The molecular formula is C21H26F3N5O3S2. The quantitative estimate of drug-likeness (QED) is 0.260. The van der Waals surface area contributed by atoms with Crippen molar-refractivity contribution in [2.45, 2.75) is 70.6 Å². The number of aromatic nitrogens is 2. The summed E-state index contributed by atoms with van der Waals surface area (Å²) in [7, 11) is 0. The average Bonchev–Trinajstić information content (AvgIpc) is 3.23. The van der Waals surface area contributed by atoms with Crippen molar-refractivity contribution in [3.8, 4) is 10.0 Å². The minimum Gasteiger partial charge on any atom is -0.443 e. The second-order valence-electron chi connectivity index (χ2n) is 8.73. The highest BCUT2D eigenvalue weighted by Crippen LogP contribution is 2.46. The van der Waals surface area contributed by atoms with Gasteiger partial charge in [0.25, 0.3) is 5.91 Å². The summed E-state index contributed by atoms with van der Waals surface area (Å²) in [5.41, 5.74) is 0.190. The van der Waals surface area contributed by atoms with Crippen molar-refractivity contribution in [3.63, 3.8) is 0 Å². The van der Waals surface area contributed by atoms with Crippen LogP contribution in [0, 0.1) is 0 Å². The van der Waals surface area contributed by atoms with E-state index in [1.54, 1.807) is 32.4 Å². The lowest BCUT2D eigenvalue weighted by Crippen LogP contribution is -2.33. The molecule has 0 saturated heterocycles. The summed E-state index contributed by atoms with van der Waals surface area (Å²) >= 11 is 2.92. The number of carbonyl (C=O) groups is 2. The van der Waals surface area contributed by atoms with Gasteiger partial charge in [0.1, 0.15) is 17.0 Å². The first-order chi connectivity index (χ1) is 15.9. The first-order valence-electron chi connectivity index (χ1n) is 10.8. The van der Waals surface area contributed by atoms with Gasteiger partial charge in [-0.25, -0.2) is 20.2 Å². The number of hydrazone groups is 1. The van der Waals surface area contributed by atoms with Gasteiger partial charge < -0.3 is 10.1 Å². The second kappa shape index (κ2) is 10.8. The molecule has 13 heteroatoms. The van der Waals surface area contributed by atoms with Gasteiger partial charge in [-0.1, -0.05) is 0 Å². The SMILES string of the molecule is CC(C)(C)OC(=O)N/N=C(/CCCCNC(=O)c1nc(-c2nccs2)sc1C1CC1)C(F)(F)F. The standard InChI is InChI=1S/C21H26F3N5O3S2/c1-20(2,3)32-19(31)29-28-13(21(22,23)24)6-4-5-9-25-16(30)14-15(12-7-8-12)34-18(27-14)17-26-10-11-33-17/h10-12H,4-9H2,1-3H3,(H,25,30)(H,29,31)/b28-13-. The van der Waals surface area contributed by atoms with Crippen molar-refractivity contribution in [2.75, 3.05) is 6.54 Å². The van der Waals surface area contributed by atoms with Gasteiger partial charge in [-0.15, -0.1) is 22.7 Å². The van der Waals surface area contributed by atoms with Gasteiger partial charge >= 0.3 is 12.3 Å². The highest BCUT2D eigenvalue weighted by molar-refractivity contribution is 7.20. The van der Waals surface area contributed by atoms with Crippen LogP contribution in [-0.2, 0) is 4.74 Å². The Hall–Kier alpha value is -2.54. The molecule has 0 spiro atoms. The number of thiazole rings is 2. The Kier molecular flexibility index (Phi) is 8.29. The van der Waals surface area contributed by atoms with E-state index in [0.29, 0.717) is 23.0 Å². The predicted molar refractivity (Wildman–Crippen MR) is 124 cm³/mol. The number of ether oxygens (including phenoxy) is 1. The maximum absolute atomic E-state index is 13.2. The Morgan fingerprint density at radius 2 is 1.94 bits per heavy atom. The zero-order chi connectivity index (χ0) is 24.9. The van der Waals surface area contributed by atoms with Crippen molar-refractivity contribution < 1.29 is 27.5 Å². The van der Waals surface area contributed by atoms with E-state index in [9.17, 15) is 22.8 Å². The van der Waals surface area contributed by atoms with Crippen LogP contribution < -0.4 is 10.7 Å². The molecule has 0 atom stereocenters. The lowest BCUT2D eigenvalue weighted by molar-refractivity contribution is -0.0610. The molecule has 0 aromatic carbocycles. The lowest BCUT2D eigenvalue weighted by atomic mass is 10.1. The van der Waals surface area contributed by atoms with E-state index in [1.165, 1.54) is 22.7 Å². The lowest BCUT2D eigenvalue weighted by Gasteiger charge is -2.19. The summed E-state index contributed by atoms with van der Waals surface area (Å²) in [4.78, 5) is 33.9. The zero-order valence-corrected chi connectivity index (χ0v) is 20.6. The fourth-order valence-corrected chi connectivity index (χ4v) is 4.83. The molecule has 3 rings (SSSR count). The van der Waals surface area contributed by atoms with Crippen molar-refractivity contribution in [3.05, 3.63) is 22.1 Å². The maximum Gasteiger partial charge on any atom is 0.431 e. The van der Waals surface area contributed by atoms with E-state index in [4.69, 9.17) is 4.74 Å². The molecule has 0 radical (unpaired) electrons. The fourth-order valence-electron chi connectivity index (χ4n) is 2.92. The van der Waals surface area contributed by atoms with Crippen LogP contribution in [0.1, 0.15) is 74.2 Å². The van der Waals surface area contributed by atoms with Gasteiger partial charge in [-0.3, -0.25) is 4.79 Å². The Labute approximate surface area is 203 Å². The molecule has 34 heavy (non-hydrogen) atoms. The summed E-state index contributed by atoms with van der Waals surface area (Å²) in [6, 6.07) is 0. The van der Waals surface area contributed by atoms with Gasteiger partial charge in [-0.05, 0) is 58.8 Å². The number of nitrogens with zero attached hydrogens (tertiary/aromatic N) is 3. The third kappa shape index (κ3) is 7.76. The molecule has 1 fully saturated rings. The molecule has 0 aliphatic heterocycles. The van der Waals surface area contributed by atoms with Gasteiger partial charge in [0.15, 0.2) is 10.0 Å². The predicted octanol–water partition coefficient (Wildman–Crippen LogP) is 5.49. The minimum absolute atomic E-state index is 0.117. The van der Waals surface area contributed by atoms with Gasteiger partial charge in [0.05, 0.1) is 0 Å². The van der Waals surface area contributed by atoms with E-state index in [0.717, 1.165) is 22.7 Å². The molecule has 2 N–H and O–H groups in total. The first kappa shape index (κ1) is 26.1. The molecule has 186 valence electrons. The van der Waals surface area contributed by atoms with Gasteiger partial charge in [0, 0.05) is 23.0 Å². The van der Waals surface area contributed by atoms with Crippen LogP contribution in [0.15, 0.2) is 16.7 Å². The topological polar surface area (TPSA) is 106 Å². The summed E-state index contributed by atoms with van der Waals surface area (Å²) < 4.78 is 44.5. The van der Waals surface area contributed by atoms with E-state index in [2.05, 4.69) is 20.4 Å². The number of halogens is 3. The molecule has 1 saturated carbocycles. The van der Waals surface area contributed by atoms with Crippen LogP contribution in [0.25, 0.3) is 10.0 Å². The van der Waals surface area contributed by atoms with Crippen molar-refractivity contribution in [1.29, 1.82) is 0 Å². The van der Waals surface area contributed by atoms with Crippen molar-refractivity contribution >= 4 is 40.4 Å². The van der Waals surface area contributed by atoms with Crippen LogP contribution >= 0.6 is 22.7 Å². The number of alkyl halides is 3. The minimum atomic E-state index is -4.69. The number of rotatable bonds is 9. The third-order valence-electron chi connectivity index (χ3n) is 4.57. The molecule has 1 aliphatic carbocycles. The van der Waals surface area contributed by atoms with E-state index < -0.39 is 30.0 Å². The van der Waals surface area contributed by atoms with Crippen molar-refractivity contribution in [2.24, 2.45) is 5.10 Å². The number of amides is 2. The van der Waals surface area contributed by atoms with Gasteiger partial charge in [0.2, 0.25) is 0 Å². The zero-order valence-electron chi connectivity index (χ0n) is 19.0. The number of carbonyl (C=O) groups excluding carboxylic acids is 2.